The van der Waals surface area contributed by atoms with Crippen LogP contribution < -0.4 is 0 Å². The van der Waals surface area contributed by atoms with Crippen molar-refractivity contribution in [2.24, 2.45) is 5.41 Å². The number of aliphatic hydroxyl groups is 1. The lowest BCUT2D eigenvalue weighted by Gasteiger charge is -2.56. The van der Waals surface area contributed by atoms with E-state index in [0.29, 0.717) is 11.5 Å². The van der Waals surface area contributed by atoms with E-state index in [-0.39, 0.29) is 12.6 Å². The fraction of sp³-hybridized carbons (Fsp3) is 0.600. The second kappa shape index (κ2) is 4.84. The fourth-order valence-electron chi connectivity index (χ4n) is 5.99. The molecule has 0 radical (unpaired) electrons. The Balaban J connectivity index is 1.85. The minimum absolute atomic E-state index is 0.248. The standard InChI is InChI=1S/C20H26N2O/c1-2-20-9-5-10-21-11-8-16-15-6-3-4-7-17(15)22(14(12-20)13-23)18(16)19(20)21/h3-4,6-7,14,19,23H,2,5,8-13H2,1H3/t14?,19-,20-/m1/s1. The second-order valence-electron chi connectivity index (χ2n) is 7.80. The summed E-state index contributed by atoms with van der Waals surface area (Å²) in [7, 11) is 0. The molecule has 1 aromatic carbocycles. The lowest BCUT2D eigenvalue weighted by Crippen LogP contribution is -2.53. The highest BCUT2D eigenvalue weighted by Gasteiger charge is 2.52. The summed E-state index contributed by atoms with van der Waals surface area (Å²) in [6.45, 7) is 5.08. The third kappa shape index (κ3) is 1.67. The maximum Gasteiger partial charge on any atom is 0.0639 e. The van der Waals surface area contributed by atoms with Crippen molar-refractivity contribution in [2.45, 2.75) is 51.1 Å². The van der Waals surface area contributed by atoms with Crippen LogP contribution in [0.5, 0.6) is 0 Å². The van der Waals surface area contributed by atoms with E-state index in [0.717, 1.165) is 12.8 Å². The van der Waals surface area contributed by atoms with Gasteiger partial charge < -0.3 is 9.67 Å². The van der Waals surface area contributed by atoms with Gasteiger partial charge in [-0.05, 0) is 55.7 Å². The van der Waals surface area contributed by atoms with Gasteiger partial charge in [0.15, 0.2) is 0 Å². The van der Waals surface area contributed by atoms with E-state index in [4.69, 9.17) is 0 Å². The van der Waals surface area contributed by atoms with E-state index in [1.807, 2.05) is 0 Å². The molecule has 0 amide bonds. The molecule has 3 aliphatic rings. The third-order valence-corrected chi connectivity index (χ3v) is 6.95. The van der Waals surface area contributed by atoms with Crippen molar-refractivity contribution >= 4 is 10.9 Å². The number of fused-ring (bicyclic) bond motifs is 3. The molecule has 3 nitrogen and oxygen atoms in total. The molecule has 122 valence electrons. The van der Waals surface area contributed by atoms with Crippen molar-refractivity contribution in [1.29, 1.82) is 0 Å². The first-order chi connectivity index (χ1) is 11.3. The number of benzene rings is 1. The molecule has 3 aliphatic heterocycles. The number of hydrogen-bond donors (Lipinski definition) is 1. The zero-order valence-electron chi connectivity index (χ0n) is 14.0. The molecule has 23 heavy (non-hydrogen) atoms. The molecule has 1 fully saturated rings. The highest BCUT2D eigenvalue weighted by atomic mass is 16.3. The van der Waals surface area contributed by atoms with Crippen molar-refractivity contribution in [3.05, 3.63) is 35.5 Å². The van der Waals surface area contributed by atoms with Crippen molar-refractivity contribution in [3.63, 3.8) is 0 Å². The number of para-hydroxylation sites is 1. The molecule has 0 aliphatic carbocycles. The van der Waals surface area contributed by atoms with Gasteiger partial charge in [-0.3, -0.25) is 4.90 Å². The Hall–Kier alpha value is -1.32. The van der Waals surface area contributed by atoms with Crippen LogP contribution in [0.4, 0.5) is 0 Å². The van der Waals surface area contributed by atoms with Gasteiger partial charge in [-0.25, -0.2) is 0 Å². The van der Waals surface area contributed by atoms with Crippen LogP contribution in [-0.2, 0) is 6.42 Å². The Labute approximate surface area is 137 Å². The minimum atomic E-state index is 0.248. The molecule has 1 unspecified atom stereocenters. The molecule has 3 atom stereocenters. The maximum atomic E-state index is 10.2. The molecule has 0 saturated carbocycles. The average molecular weight is 310 g/mol. The minimum Gasteiger partial charge on any atom is -0.394 e. The van der Waals surface area contributed by atoms with E-state index in [9.17, 15) is 5.11 Å². The number of aliphatic hydroxyl groups excluding tert-OH is 1. The number of hydrogen-bond acceptors (Lipinski definition) is 2. The number of nitrogens with zero attached hydrogens (tertiary/aromatic N) is 2. The fourth-order valence-corrected chi connectivity index (χ4v) is 5.99. The Morgan fingerprint density at radius 1 is 1.26 bits per heavy atom. The molecule has 0 spiro atoms. The lowest BCUT2D eigenvalue weighted by atomic mass is 9.63. The summed E-state index contributed by atoms with van der Waals surface area (Å²) < 4.78 is 2.51. The molecule has 0 bridgehead atoms. The van der Waals surface area contributed by atoms with Crippen molar-refractivity contribution in [3.8, 4) is 0 Å². The first kappa shape index (κ1) is 14.1. The normalized spacial score (nSPS) is 33.0. The summed E-state index contributed by atoms with van der Waals surface area (Å²) in [6.07, 6.45) is 6.16. The molecule has 1 N–H and O–H groups in total. The Morgan fingerprint density at radius 2 is 2.13 bits per heavy atom. The SMILES string of the molecule is CC[C@@]12CCCN3CCc4c(n(c5ccccc45)C(CO)C1)[C@@H]32. The van der Waals surface area contributed by atoms with Crippen LogP contribution in [-0.4, -0.2) is 34.3 Å². The smallest absolute Gasteiger partial charge is 0.0639 e. The van der Waals surface area contributed by atoms with Crippen molar-refractivity contribution < 1.29 is 5.11 Å². The maximum absolute atomic E-state index is 10.2. The van der Waals surface area contributed by atoms with E-state index < -0.39 is 0 Å². The van der Waals surface area contributed by atoms with Gasteiger partial charge in [0.1, 0.15) is 0 Å². The predicted octanol–water partition coefficient (Wildman–Crippen LogP) is 3.67. The molecule has 5 rings (SSSR count). The van der Waals surface area contributed by atoms with E-state index in [1.165, 1.54) is 43.3 Å². The lowest BCUT2D eigenvalue weighted by molar-refractivity contribution is -0.0421. The van der Waals surface area contributed by atoms with Gasteiger partial charge >= 0.3 is 0 Å². The number of aromatic nitrogens is 1. The summed E-state index contributed by atoms with van der Waals surface area (Å²) in [5.41, 5.74) is 4.82. The third-order valence-electron chi connectivity index (χ3n) is 6.95. The summed E-state index contributed by atoms with van der Waals surface area (Å²) in [4.78, 5) is 2.75. The Morgan fingerprint density at radius 3 is 2.96 bits per heavy atom. The molecule has 1 aromatic heterocycles. The summed E-state index contributed by atoms with van der Waals surface area (Å²) in [5.74, 6) is 0. The predicted molar refractivity (Wildman–Crippen MR) is 92.7 cm³/mol. The number of rotatable bonds is 2. The van der Waals surface area contributed by atoms with Crippen molar-refractivity contribution in [2.75, 3.05) is 19.7 Å². The van der Waals surface area contributed by atoms with Crippen LogP contribution >= 0.6 is 0 Å². The van der Waals surface area contributed by atoms with Crippen LogP contribution in [0.2, 0.25) is 0 Å². The van der Waals surface area contributed by atoms with E-state index in [1.54, 1.807) is 11.3 Å². The largest absolute Gasteiger partial charge is 0.394 e. The van der Waals surface area contributed by atoms with E-state index in [2.05, 4.69) is 40.7 Å². The van der Waals surface area contributed by atoms with Crippen LogP contribution in [0, 0.1) is 5.41 Å². The summed E-state index contributed by atoms with van der Waals surface area (Å²) in [5, 5.41) is 11.6. The molecular weight excluding hydrogens is 284 g/mol. The van der Waals surface area contributed by atoms with Crippen LogP contribution in [0.25, 0.3) is 10.9 Å². The monoisotopic (exact) mass is 310 g/mol. The van der Waals surface area contributed by atoms with Gasteiger partial charge in [-0.2, -0.15) is 0 Å². The quantitative estimate of drug-likeness (QED) is 0.917. The van der Waals surface area contributed by atoms with E-state index >= 15 is 0 Å². The molecule has 4 heterocycles. The molecule has 1 saturated heterocycles. The van der Waals surface area contributed by atoms with Gasteiger partial charge in [-0.15, -0.1) is 0 Å². The molecule has 2 aromatic rings. The molecule has 3 heteroatoms. The summed E-state index contributed by atoms with van der Waals surface area (Å²) >= 11 is 0. The summed E-state index contributed by atoms with van der Waals surface area (Å²) in [6, 6.07) is 9.67. The highest BCUT2D eigenvalue weighted by Crippen LogP contribution is 2.59. The van der Waals surface area contributed by atoms with Gasteiger partial charge in [0.05, 0.1) is 18.7 Å². The first-order valence-corrected chi connectivity index (χ1v) is 9.25. The Bertz CT molecular complexity index is 764. The number of piperidine rings is 1. The van der Waals surface area contributed by atoms with Crippen molar-refractivity contribution in [1.82, 2.24) is 9.47 Å². The second-order valence-corrected chi connectivity index (χ2v) is 7.80. The van der Waals surface area contributed by atoms with Crippen LogP contribution in [0.1, 0.15) is 55.9 Å². The first-order valence-electron chi connectivity index (χ1n) is 9.25. The average Bonchev–Trinajstić information content (AvgIpc) is 2.95. The van der Waals surface area contributed by atoms with Gasteiger partial charge in [-0.1, -0.05) is 25.1 Å². The zero-order chi connectivity index (χ0) is 15.6. The Kier molecular flexibility index (Phi) is 2.96. The molecular formula is C20H26N2O. The van der Waals surface area contributed by atoms with Gasteiger partial charge in [0, 0.05) is 23.1 Å². The highest BCUT2D eigenvalue weighted by molar-refractivity contribution is 5.86. The van der Waals surface area contributed by atoms with Crippen LogP contribution in [0.15, 0.2) is 24.3 Å². The zero-order valence-corrected chi connectivity index (χ0v) is 14.0. The van der Waals surface area contributed by atoms with Crippen LogP contribution in [0.3, 0.4) is 0 Å². The topological polar surface area (TPSA) is 28.4 Å². The van der Waals surface area contributed by atoms with Gasteiger partial charge in [0.2, 0.25) is 0 Å². The van der Waals surface area contributed by atoms with Gasteiger partial charge in [0.25, 0.3) is 0 Å².